The molecule has 20 heavy (non-hydrogen) atoms. The minimum Gasteiger partial charge on any atom is -0.478 e. The van der Waals surface area contributed by atoms with E-state index in [1.165, 1.54) is 31.0 Å². The average molecular weight is 280 g/mol. The number of aromatic carboxylic acids is 1. The predicted octanol–water partition coefficient (Wildman–Crippen LogP) is 2.10. The van der Waals surface area contributed by atoms with Crippen LogP contribution in [0.1, 0.15) is 35.2 Å². The monoisotopic (exact) mass is 280 g/mol. The SMILES string of the molecule is CN1CCCCC1CNCc1cc(C(=O)O)ccc1F. The molecule has 1 unspecified atom stereocenters. The Hall–Kier alpha value is -1.46. The Labute approximate surface area is 118 Å². The molecule has 0 spiro atoms. The second-order valence-corrected chi connectivity index (χ2v) is 5.37. The van der Waals surface area contributed by atoms with Crippen molar-refractivity contribution in [1.82, 2.24) is 10.2 Å². The Morgan fingerprint density at radius 3 is 3.00 bits per heavy atom. The summed E-state index contributed by atoms with van der Waals surface area (Å²) in [5.74, 6) is -1.39. The first-order valence-electron chi connectivity index (χ1n) is 7.00. The van der Waals surface area contributed by atoms with Crippen molar-refractivity contribution >= 4 is 5.97 Å². The van der Waals surface area contributed by atoms with E-state index in [9.17, 15) is 9.18 Å². The van der Waals surface area contributed by atoms with Crippen molar-refractivity contribution in [2.24, 2.45) is 0 Å². The summed E-state index contributed by atoms with van der Waals surface area (Å²) in [6.07, 6.45) is 3.63. The molecule has 1 saturated heterocycles. The van der Waals surface area contributed by atoms with Crippen LogP contribution < -0.4 is 5.32 Å². The summed E-state index contributed by atoms with van der Waals surface area (Å²) in [6, 6.07) is 4.38. The van der Waals surface area contributed by atoms with Gasteiger partial charge in [0, 0.05) is 24.7 Å². The number of hydrogen-bond donors (Lipinski definition) is 2. The standard InChI is InChI=1S/C15H21FN2O2/c1-18-7-3-2-4-13(18)10-17-9-12-8-11(15(19)20)5-6-14(12)16/h5-6,8,13,17H,2-4,7,9-10H2,1H3,(H,19,20). The van der Waals surface area contributed by atoms with Crippen LogP contribution in [0.3, 0.4) is 0 Å². The van der Waals surface area contributed by atoms with Crippen LogP contribution in [0.15, 0.2) is 18.2 Å². The Kier molecular flexibility index (Phi) is 5.09. The van der Waals surface area contributed by atoms with E-state index in [-0.39, 0.29) is 11.4 Å². The van der Waals surface area contributed by atoms with Gasteiger partial charge in [0.15, 0.2) is 0 Å². The number of likely N-dealkylation sites (tertiary alicyclic amines) is 1. The summed E-state index contributed by atoms with van der Waals surface area (Å²) in [6.45, 7) is 2.26. The second kappa shape index (κ2) is 6.81. The fourth-order valence-electron chi connectivity index (χ4n) is 2.62. The van der Waals surface area contributed by atoms with Gasteiger partial charge >= 0.3 is 5.97 Å². The Morgan fingerprint density at radius 1 is 1.50 bits per heavy atom. The largest absolute Gasteiger partial charge is 0.478 e. The maximum absolute atomic E-state index is 13.6. The quantitative estimate of drug-likeness (QED) is 0.867. The molecule has 1 aromatic rings. The molecule has 0 bridgehead atoms. The number of carboxylic acids is 1. The molecule has 1 atom stereocenters. The third kappa shape index (κ3) is 3.77. The minimum absolute atomic E-state index is 0.123. The number of carboxylic acid groups (broad SMARTS) is 1. The van der Waals surface area contributed by atoms with Crippen LogP contribution in [0.4, 0.5) is 4.39 Å². The van der Waals surface area contributed by atoms with Gasteiger partial charge in [0.25, 0.3) is 0 Å². The normalized spacial score (nSPS) is 20.0. The lowest BCUT2D eigenvalue weighted by atomic mass is 10.0. The molecule has 5 heteroatoms. The predicted molar refractivity (Wildman–Crippen MR) is 75.3 cm³/mol. The number of nitrogens with one attached hydrogen (secondary N) is 1. The second-order valence-electron chi connectivity index (χ2n) is 5.37. The lowest BCUT2D eigenvalue weighted by Gasteiger charge is -2.32. The fourth-order valence-corrected chi connectivity index (χ4v) is 2.62. The van der Waals surface area contributed by atoms with E-state index in [2.05, 4.69) is 17.3 Å². The van der Waals surface area contributed by atoms with Crippen molar-refractivity contribution in [3.8, 4) is 0 Å². The molecule has 1 aliphatic heterocycles. The number of benzene rings is 1. The van der Waals surface area contributed by atoms with Crippen LogP contribution in [0, 0.1) is 5.82 Å². The van der Waals surface area contributed by atoms with Crippen molar-refractivity contribution < 1.29 is 14.3 Å². The zero-order valence-electron chi connectivity index (χ0n) is 11.7. The number of hydrogen-bond acceptors (Lipinski definition) is 3. The third-order valence-electron chi connectivity index (χ3n) is 3.91. The summed E-state index contributed by atoms with van der Waals surface area (Å²) in [4.78, 5) is 13.2. The minimum atomic E-state index is -1.03. The smallest absolute Gasteiger partial charge is 0.335 e. The number of halogens is 1. The summed E-state index contributed by atoms with van der Waals surface area (Å²) >= 11 is 0. The number of piperidine rings is 1. The van der Waals surface area contributed by atoms with Crippen molar-refractivity contribution in [1.29, 1.82) is 0 Å². The van der Waals surface area contributed by atoms with Gasteiger partial charge in [-0.1, -0.05) is 6.42 Å². The highest BCUT2D eigenvalue weighted by atomic mass is 19.1. The summed E-state index contributed by atoms with van der Waals surface area (Å²) in [5, 5.41) is 12.1. The molecule has 1 heterocycles. The van der Waals surface area contributed by atoms with Crippen LogP contribution in [0.25, 0.3) is 0 Å². The zero-order chi connectivity index (χ0) is 14.5. The van der Waals surface area contributed by atoms with Crippen molar-refractivity contribution in [3.63, 3.8) is 0 Å². The van der Waals surface area contributed by atoms with E-state index < -0.39 is 5.97 Å². The maximum Gasteiger partial charge on any atom is 0.335 e. The van der Waals surface area contributed by atoms with Gasteiger partial charge < -0.3 is 15.3 Å². The lowest BCUT2D eigenvalue weighted by Crippen LogP contribution is -2.42. The summed E-state index contributed by atoms with van der Waals surface area (Å²) in [7, 11) is 2.11. The van der Waals surface area contributed by atoms with Crippen LogP contribution in [-0.4, -0.2) is 42.2 Å². The van der Waals surface area contributed by atoms with Crippen molar-refractivity contribution in [2.45, 2.75) is 31.8 Å². The molecule has 4 nitrogen and oxygen atoms in total. The number of nitrogens with zero attached hydrogens (tertiary/aromatic N) is 1. The average Bonchev–Trinajstić information content (AvgIpc) is 2.42. The zero-order valence-corrected chi connectivity index (χ0v) is 11.7. The van der Waals surface area contributed by atoms with E-state index in [0.29, 0.717) is 18.2 Å². The highest BCUT2D eigenvalue weighted by molar-refractivity contribution is 5.87. The van der Waals surface area contributed by atoms with Gasteiger partial charge in [-0.25, -0.2) is 9.18 Å². The van der Waals surface area contributed by atoms with E-state index in [0.717, 1.165) is 19.5 Å². The van der Waals surface area contributed by atoms with Crippen LogP contribution in [0.5, 0.6) is 0 Å². The molecule has 0 radical (unpaired) electrons. The van der Waals surface area contributed by atoms with Crippen molar-refractivity contribution in [2.75, 3.05) is 20.1 Å². The van der Waals surface area contributed by atoms with Gasteiger partial charge in [0.2, 0.25) is 0 Å². The topological polar surface area (TPSA) is 52.6 Å². The van der Waals surface area contributed by atoms with Gasteiger partial charge in [0.05, 0.1) is 5.56 Å². The van der Waals surface area contributed by atoms with E-state index >= 15 is 0 Å². The Morgan fingerprint density at radius 2 is 2.30 bits per heavy atom. The van der Waals surface area contributed by atoms with Crippen molar-refractivity contribution in [3.05, 3.63) is 35.1 Å². The van der Waals surface area contributed by atoms with E-state index in [4.69, 9.17) is 5.11 Å². The Bertz CT molecular complexity index is 479. The molecule has 2 N–H and O–H groups in total. The number of rotatable bonds is 5. The fraction of sp³-hybridized carbons (Fsp3) is 0.533. The first-order valence-corrected chi connectivity index (χ1v) is 7.00. The van der Waals surface area contributed by atoms with Gasteiger partial charge in [-0.05, 0) is 44.6 Å². The molecule has 0 amide bonds. The number of carbonyl (C=O) groups is 1. The molecule has 0 saturated carbocycles. The van der Waals surface area contributed by atoms with Gasteiger partial charge in [0.1, 0.15) is 5.82 Å². The molecule has 1 aliphatic rings. The number of likely N-dealkylation sites (N-methyl/N-ethyl adjacent to an activating group) is 1. The highest BCUT2D eigenvalue weighted by Crippen LogP contribution is 2.15. The first-order chi connectivity index (χ1) is 9.58. The summed E-state index contributed by atoms with van der Waals surface area (Å²) < 4.78 is 13.6. The molecule has 110 valence electrons. The molecule has 0 aromatic heterocycles. The van der Waals surface area contributed by atoms with E-state index in [1.54, 1.807) is 0 Å². The molecular weight excluding hydrogens is 259 g/mol. The van der Waals surface area contributed by atoms with E-state index in [1.807, 2.05) is 0 Å². The van der Waals surface area contributed by atoms with Crippen LogP contribution in [-0.2, 0) is 6.54 Å². The molecule has 1 aromatic carbocycles. The van der Waals surface area contributed by atoms with Crippen LogP contribution in [0.2, 0.25) is 0 Å². The molecular formula is C15H21FN2O2. The molecule has 2 rings (SSSR count). The lowest BCUT2D eigenvalue weighted by molar-refractivity contribution is 0.0696. The molecule has 1 fully saturated rings. The third-order valence-corrected chi connectivity index (χ3v) is 3.91. The Balaban J connectivity index is 1.90. The van der Waals surface area contributed by atoms with Gasteiger partial charge in [-0.3, -0.25) is 0 Å². The first kappa shape index (κ1) is 14.9. The molecule has 0 aliphatic carbocycles. The maximum atomic E-state index is 13.6. The van der Waals surface area contributed by atoms with Gasteiger partial charge in [-0.15, -0.1) is 0 Å². The van der Waals surface area contributed by atoms with Gasteiger partial charge in [-0.2, -0.15) is 0 Å². The summed E-state index contributed by atoms with van der Waals surface area (Å²) in [5.41, 5.74) is 0.529. The van der Waals surface area contributed by atoms with Crippen LogP contribution >= 0.6 is 0 Å². The highest BCUT2D eigenvalue weighted by Gasteiger charge is 2.18.